The summed E-state index contributed by atoms with van der Waals surface area (Å²) in [5.74, 6) is 0. The van der Waals surface area contributed by atoms with Gasteiger partial charge >= 0.3 is 0 Å². The predicted molar refractivity (Wildman–Crippen MR) is 84.2 cm³/mol. The van der Waals surface area contributed by atoms with Gasteiger partial charge in [0.2, 0.25) is 0 Å². The fraction of sp³-hybridized carbons (Fsp3) is 0.278. The summed E-state index contributed by atoms with van der Waals surface area (Å²) in [5.41, 5.74) is 3.85. The maximum atomic E-state index is 5.35. The minimum atomic E-state index is 0.240. The Morgan fingerprint density at radius 2 is 2.05 bits per heavy atom. The monoisotopic (exact) mass is 293 g/mol. The van der Waals surface area contributed by atoms with Crippen LogP contribution in [-0.4, -0.2) is 21.0 Å². The normalized spacial score (nSPS) is 18.8. The molecular weight excluding hydrogens is 274 g/mol. The van der Waals surface area contributed by atoms with Gasteiger partial charge in [0.15, 0.2) is 0 Å². The van der Waals surface area contributed by atoms with Crippen LogP contribution < -0.4 is 0 Å². The van der Waals surface area contributed by atoms with Gasteiger partial charge in [-0.2, -0.15) is 0 Å². The number of nitrogens with zero attached hydrogens (tertiary/aromatic N) is 3. The van der Waals surface area contributed by atoms with Crippen LogP contribution in [0.25, 0.3) is 0 Å². The molecule has 1 aliphatic heterocycles. The Morgan fingerprint density at radius 3 is 2.86 bits per heavy atom. The van der Waals surface area contributed by atoms with Crippen LogP contribution in [0.5, 0.6) is 0 Å². The van der Waals surface area contributed by atoms with E-state index < -0.39 is 0 Å². The van der Waals surface area contributed by atoms with Crippen LogP contribution in [0, 0.1) is 0 Å². The zero-order valence-electron chi connectivity index (χ0n) is 12.4. The molecule has 0 amide bonds. The first kappa shape index (κ1) is 13.3. The van der Waals surface area contributed by atoms with Gasteiger partial charge < -0.3 is 8.98 Å². The third kappa shape index (κ3) is 2.46. The number of furan rings is 1. The van der Waals surface area contributed by atoms with Crippen molar-refractivity contribution in [3.8, 4) is 0 Å². The van der Waals surface area contributed by atoms with E-state index in [1.807, 2.05) is 18.7 Å². The minimum absolute atomic E-state index is 0.240. The van der Waals surface area contributed by atoms with Crippen LogP contribution in [-0.2, 0) is 13.1 Å². The van der Waals surface area contributed by atoms with Crippen molar-refractivity contribution in [2.45, 2.75) is 25.6 Å². The van der Waals surface area contributed by atoms with Crippen molar-refractivity contribution in [3.05, 3.63) is 78.3 Å². The SMILES string of the molecule is c1cc2n(c1)CCCN(Cc1ccncc1)C2c1ccoc1. The molecule has 0 saturated heterocycles. The van der Waals surface area contributed by atoms with Crippen molar-refractivity contribution in [2.75, 3.05) is 6.54 Å². The van der Waals surface area contributed by atoms with Crippen LogP contribution in [0.4, 0.5) is 0 Å². The first-order valence-electron chi connectivity index (χ1n) is 7.72. The number of fused-ring (bicyclic) bond motifs is 1. The molecule has 1 unspecified atom stereocenters. The number of hydrogen-bond donors (Lipinski definition) is 0. The quantitative estimate of drug-likeness (QED) is 0.741. The van der Waals surface area contributed by atoms with E-state index in [4.69, 9.17) is 4.42 Å². The third-order valence-corrected chi connectivity index (χ3v) is 4.35. The molecule has 3 aromatic heterocycles. The first-order valence-corrected chi connectivity index (χ1v) is 7.72. The molecule has 1 aliphatic rings. The van der Waals surface area contributed by atoms with E-state index in [9.17, 15) is 0 Å². The summed E-state index contributed by atoms with van der Waals surface area (Å²) < 4.78 is 7.72. The van der Waals surface area contributed by atoms with Crippen molar-refractivity contribution in [1.29, 1.82) is 0 Å². The van der Waals surface area contributed by atoms with Crippen LogP contribution in [0.2, 0.25) is 0 Å². The van der Waals surface area contributed by atoms with Gasteiger partial charge in [0.05, 0.1) is 18.6 Å². The molecule has 4 rings (SSSR count). The summed E-state index contributed by atoms with van der Waals surface area (Å²) in [6.07, 6.45) is 10.7. The Morgan fingerprint density at radius 1 is 1.14 bits per heavy atom. The lowest BCUT2D eigenvalue weighted by Gasteiger charge is -2.29. The van der Waals surface area contributed by atoms with E-state index in [0.717, 1.165) is 26.1 Å². The van der Waals surface area contributed by atoms with Crippen molar-refractivity contribution < 1.29 is 4.42 Å². The summed E-state index contributed by atoms with van der Waals surface area (Å²) >= 11 is 0. The second-order valence-electron chi connectivity index (χ2n) is 5.77. The lowest BCUT2D eigenvalue weighted by atomic mass is 10.0. The Bertz CT molecular complexity index is 718. The van der Waals surface area contributed by atoms with E-state index in [2.05, 4.69) is 51.0 Å². The van der Waals surface area contributed by atoms with Crippen molar-refractivity contribution in [1.82, 2.24) is 14.5 Å². The zero-order valence-corrected chi connectivity index (χ0v) is 12.4. The molecule has 0 bridgehead atoms. The van der Waals surface area contributed by atoms with Gasteiger partial charge in [-0.25, -0.2) is 0 Å². The van der Waals surface area contributed by atoms with Crippen LogP contribution in [0.1, 0.15) is 29.3 Å². The fourth-order valence-corrected chi connectivity index (χ4v) is 3.34. The standard InChI is InChI=1S/C18H19N3O/c1-3-17-18(16-6-12-22-14-16)21(11-2-10-20(17)9-1)13-15-4-7-19-8-5-15/h1,3-9,12,14,18H,2,10-11,13H2. The molecule has 22 heavy (non-hydrogen) atoms. The molecule has 1 atom stereocenters. The van der Waals surface area contributed by atoms with Gasteiger partial charge in [-0.15, -0.1) is 0 Å². The molecule has 112 valence electrons. The highest BCUT2D eigenvalue weighted by Gasteiger charge is 2.27. The third-order valence-electron chi connectivity index (χ3n) is 4.35. The smallest absolute Gasteiger partial charge is 0.0954 e. The highest BCUT2D eigenvalue weighted by atomic mass is 16.3. The van der Waals surface area contributed by atoms with E-state index in [1.165, 1.54) is 16.8 Å². The van der Waals surface area contributed by atoms with Gasteiger partial charge in [-0.3, -0.25) is 9.88 Å². The molecule has 4 heteroatoms. The molecule has 0 radical (unpaired) electrons. The van der Waals surface area contributed by atoms with E-state index in [-0.39, 0.29) is 6.04 Å². The largest absolute Gasteiger partial charge is 0.472 e. The van der Waals surface area contributed by atoms with Crippen LogP contribution >= 0.6 is 0 Å². The molecule has 0 fully saturated rings. The Hall–Kier alpha value is -2.33. The highest BCUT2D eigenvalue weighted by Crippen LogP contribution is 2.33. The van der Waals surface area contributed by atoms with Gasteiger partial charge in [-0.05, 0) is 42.3 Å². The Balaban J connectivity index is 1.72. The Kier molecular flexibility index (Phi) is 3.52. The molecule has 0 N–H and O–H groups in total. The summed E-state index contributed by atoms with van der Waals surface area (Å²) in [5, 5.41) is 0. The average molecular weight is 293 g/mol. The van der Waals surface area contributed by atoms with E-state index in [0.29, 0.717) is 0 Å². The maximum absolute atomic E-state index is 5.35. The summed E-state index contributed by atoms with van der Waals surface area (Å²) in [6, 6.07) is 10.9. The molecule has 0 saturated carbocycles. The summed E-state index contributed by atoms with van der Waals surface area (Å²) in [6.45, 7) is 3.06. The predicted octanol–water partition coefficient (Wildman–Crippen LogP) is 3.47. The van der Waals surface area contributed by atoms with Gasteiger partial charge in [0.1, 0.15) is 0 Å². The van der Waals surface area contributed by atoms with Crippen LogP contribution in [0.15, 0.2) is 65.9 Å². The molecule has 0 aromatic carbocycles. The first-order chi connectivity index (χ1) is 10.9. The number of rotatable bonds is 3. The van der Waals surface area contributed by atoms with Crippen molar-refractivity contribution in [2.24, 2.45) is 0 Å². The Labute approximate surface area is 130 Å². The molecular formula is C18H19N3O. The van der Waals surface area contributed by atoms with Gasteiger partial charge in [-0.1, -0.05) is 0 Å². The van der Waals surface area contributed by atoms with Gasteiger partial charge in [0, 0.05) is 49.5 Å². The van der Waals surface area contributed by atoms with Crippen LogP contribution in [0.3, 0.4) is 0 Å². The number of aromatic nitrogens is 2. The highest BCUT2D eigenvalue weighted by molar-refractivity contribution is 5.27. The lowest BCUT2D eigenvalue weighted by molar-refractivity contribution is 0.219. The molecule has 0 aliphatic carbocycles. The molecule has 4 heterocycles. The van der Waals surface area contributed by atoms with E-state index >= 15 is 0 Å². The van der Waals surface area contributed by atoms with Crippen molar-refractivity contribution in [3.63, 3.8) is 0 Å². The second kappa shape index (κ2) is 5.81. The molecule has 4 nitrogen and oxygen atoms in total. The lowest BCUT2D eigenvalue weighted by Crippen LogP contribution is -2.29. The maximum Gasteiger partial charge on any atom is 0.0954 e. The number of aryl methyl sites for hydroxylation is 1. The summed E-state index contributed by atoms with van der Waals surface area (Å²) in [7, 11) is 0. The molecule has 3 aromatic rings. The van der Waals surface area contributed by atoms with Gasteiger partial charge in [0.25, 0.3) is 0 Å². The second-order valence-corrected chi connectivity index (χ2v) is 5.77. The number of pyridine rings is 1. The zero-order chi connectivity index (χ0) is 14.8. The molecule has 0 spiro atoms. The minimum Gasteiger partial charge on any atom is -0.472 e. The van der Waals surface area contributed by atoms with E-state index in [1.54, 1.807) is 6.26 Å². The average Bonchev–Trinajstić information content (AvgIpc) is 3.19. The van der Waals surface area contributed by atoms with Crippen molar-refractivity contribution >= 4 is 0 Å². The number of hydrogen-bond acceptors (Lipinski definition) is 3. The fourth-order valence-electron chi connectivity index (χ4n) is 3.34. The summed E-state index contributed by atoms with van der Waals surface area (Å²) in [4.78, 5) is 6.64. The topological polar surface area (TPSA) is 34.2 Å².